The van der Waals surface area contributed by atoms with Gasteiger partial charge in [0.15, 0.2) is 0 Å². The number of amidine groups is 1. The first kappa shape index (κ1) is 52.8. The van der Waals surface area contributed by atoms with Crippen LogP contribution in [0, 0.1) is 10.8 Å². The number of likely N-dealkylation sites (N-methyl/N-ethyl adjacent to an activating group) is 2. The lowest BCUT2D eigenvalue weighted by Gasteiger charge is -2.34. The number of hydrogen-bond acceptors (Lipinski definition) is 17. The summed E-state index contributed by atoms with van der Waals surface area (Å²) in [6.45, 7) is 9.36. The minimum Gasteiger partial charge on any atom is -0.457 e. The molecule has 4 amide bonds. The molecule has 1 fully saturated rings. The normalized spacial score (nSPS) is 21.5. The zero-order valence-corrected chi connectivity index (χ0v) is 42.9. The van der Waals surface area contributed by atoms with Crippen molar-refractivity contribution in [2.45, 2.75) is 78.8 Å². The fraction of sp³-hybridized carbons (Fsp3) is 0.431. The Balaban J connectivity index is 1.26. The monoisotopic (exact) mass is 1010 g/mol. The van der Waals surface area contributed by atoms with Crippen molar-refractivity contribution in [3.8, 4) is 5.75 Å². The highest BCUT2D eigenvalue weighted by Gasteiger charge is 2.44. The second kappa shape index (κ2) is 22.6. The molecular weight excluding hydrogens is 951 g/mol. The zero-order valence-electron chi connectivity index (χ0n) is 41.3. The molecule has 0 spiro atoms. The van der Waals surface area contributed by atoms with Gasteiger partial charge < -0.3 is 28.5 Å². The predicted molar refractivity (Wildman–Crippen MR) is 271 cm³/mol. The average molecular weight is 1010 g/mol. The second-order valence-corrected chi connectivity index (χ2v) is 19.9. The van der Waals surface area contributed by atoms with Crippen LogP contribution in [0.4, 0.5) is 0 Å². The van der Waals surface area contributed by atoms with Gasteiger partial charge in [-0.15, -0.1) is 5.06 Å². The molecule has 5 aliphatic heterocycles. The van der Waals surface area contributed by atoms with E-state index in [0.29, 0.717) is 78.0 Å². The molecule has 1 aliphatic carbocycles. The number of ether oxygens (including phenoxy) is 1. The number of fused-ring (bicyclic) bond motifs is 2. The smallest absolute Gasteiger partial charge is 0.363 e. The van der Waals surface area contributed by atoms with Crippen molar-refractivity contribution < 1.29 is 52.3 Å². The number of allylic oxidation sites excluding steroid dienone is 7. The quantitative estimate of drug-likeness (QED) is 0.0587. The number of aliphatic imine (C=N–C) groups is 2. The first-order chi connectivity index (χ1) is 33.9. The Hall–Kier alpha value is -6.03. The van der Waals surface area contributed by atoms with Crippen LogP contribution in [0.1, 0.15) is 83.0 Å². The molecule has 0 radical (unpaired) electrons. The van der Waals surface area contributed by atoms with Crippen LogP contribution in [-0.4, -0.2) is 134 Å². The van der Waals surface area contributed by atoms with Gasteiger partial charge in [-0.2, -0.15) is 0 Å². The average Bonchev–Trinajstić information content (AvgIpc) is 3.93. The minimum absolute atomic E-state index is 0.0203. The van der Waals surface area contributed by atoms with Crippen LogP contribution in [-0.2, 0) is 33.7 Å². The SMILES string of the molecule is CON(C)C(=O)C1=CN(CCCSO)C2=N/C(=C/C=C3\CCCC(/C=C/C4=NC5C(=CC(C(=O)N(C)OC)=CN5CCCSO)C4(C)C)=C3Oc3ccc(C(=O)ON4C(=O)CCC4=O)cc3)C(C)(C)C2=C1. The molecule has 0 bridgehead atoms. The van der Waals surface area contributed by atoms with Crippen LogP contribution in [0.5, 0.6) is 5.75 Å². The van der Waals surface area contributed by atoms with Crippen molar-refractivity contribution in [1.29, 1.82) is 0 Å². The van der Waals surface area contributed by atoms with Crippen molar-refractivity contribution in [2.24, 2.45) is 20.8 Å². The Morgan fingerprint density at radius 3 is 2.08 bits per heavy atom. The van der Waals surface area contributed by atoms with E-state index in [4.69, 9.17) is 29.2 Å². The number of amides is 4. The van der Waals surface area contributed by atoms with E-state index in [1.54, 1.807) is 32.4 Å². The third-order valence-electron chi connectivity index (χ3n) is 13.2. The topological polar surface area (TPSA) is 204 Å². The number of hydroxylamine groups is 6. The number of carbonyl (C=O) groups is 5. The van der Waals surface area contributed by atoms with E-state index in [1.165, 1.54) is 36.5 Å². The third-order valence-corrected chi connectivity index (χ3v) is 14.2. The van der Waals surface area contributed by atoms with Crippen molar-refractivity contribution >= 4 is 65.2 Å². The Bertz CT molecular complexity index is 2630. The number of benzene rings is 1. The molecule has 1 aromatic carbocycles. The lowest BCUT2D eigenvalue weighted by molar-refractivity contribution is -0.172. The molecule has 1 unspecified atom stereocenters. The van der Waals surface area contributed by atoms with E-state index in [1.807, 2.05) is 52.5 Å². The van der Waals surface area contributed by atoms with Gasteiger partial charge in [0.05, 0.1) is 36.6 Å². The number of hydrogen-bond donors (Lipinski definition) is 2. The Kier molecular flexibility index (Phi) is 16.8. The maximum atomic E-state index is 13.4. The summed E-state index contributed by atoms with van der Waals surface area (Å²) in [4.78, 5) is 94.1. The summed E-state index contributed by atoms with van der Waals surface area (Å²) < 4.78 is 25.7. The standard InChI is InChI=1S/C51H61N7O11S2/c1-50(2)38-28-35(47(61)54(5)66-7)30-56(24-10-26-70-64)45(38)52-40(50)20-16-32-12-9-13-33(44(32)68-37-18-14-34(15-19-37)49(63)69-58-42(59)22-23-43(58)60)17-21-41-51(3,4)39-29-36(48(62)55(6)67-8)31-57(46(39)53-41)25-11-27-71-65/h14-21,28-31,45,64-65H,9-13,22-27H2,1-8H3/b20-16+,33-17+,41-21+. The van der Waals surface area contributed by atoms with Gasteiger partial charge in [-0.1, -0.05) is 39.8 Å². The van der Waals surface area contributed by atoms with Gasteiger partial charge in [-0.25, -0.2) is 19.9 Å². The summed E-state index contributed by atoms with van der Waals surface area (Å²) in [7, 11) is 5.99. The first-order valence-corrected chi connectivity index (χ1v) is 25.3. The van der Waals surface area contributed by atoms with Gasteiger partial charge in [0.25, 0.3) is 23.6 Å². The van der Waals surface area contributed by atoms with E-state index in [9.17, 15) is 33.1 Å². The molecule has 5 heterocycles. The fourth-order valence-corrected chi connectivity index (χ4v) is 9.44. The highest BCUT2D eigenvalue weighted by molar-refractivity contribution is 7.93. The van der Waals surface area contributed by atoms with Crippen molar-refractivity contribution in [3.05, 3.63) is 124 Å². The van der Waals surface area contributed by atoms with E-state index in [-0.39, 0.29) is 36.4 Å². The van der Waals surface area contributed by atoms with Crippen molar-refractivity contribution in [1.82, 2.24) is 25.0 Å². The molecule has 1 aromatic rings. The summed E-state index contributed by atoms with van der Waals surface area (Å²) in [6, 6.07) is 6.27. The molecule has 378 valence electrons. The van der Waals surface area contributed by atoms with Crippen LogP contribution in [0.15, 0.2) is 128 Å². The lowest BCUT2D eigenvalue weighted by Crippen LogP contribution is -2.38. The van der Waals surface area contributed by atoms with Gasteiger partial charge >= 0.3 is 5.97 Å². The molecule has 18 nitrogen and oxygen atoms in total. The molecule has 0 saturated carbocycles. The number of nitrogens with zero attached hydrogens (tertiary/aromatic N) is 7. The molecule has 2 N–H and O–H groups in total. The third kappa shape index (κ3) is 11.4. The van der Waals surface area contributed by atoms with Crippen molar-refractivity contribution in [3.63, 3.8) is 0 Å². The minimum atomic E-state index is -0.855. The van der Waals surface area contributed by atoms with Gasteiger partial charge in [0, 0.05) is 86.0 Å². The summed E-state index contributed by atoms with van der Waals surface area (Å²) in [5, 5.41) is 2.87. The van der Waals surface area contributed by atoms with E-state index < -0.39 is 28.6 Å². The second-order valence-electron chi connectivity index (χ2n) is 18.5. The summed E-state index contributed by atoms with van der Waals surface area (Å²) in [6.07, 6.45) is 18.4. The molecule has 7 rings (SSSR count). The number of rotatable bonds is 19. The highest BCUT2D eigenvalue weighted by atomic mass is 32.2. The van der Waals surface area contributed by atoms with E-state index in [2.05, 4.69) is 27.7 Å². The molecule has 20 heteroatoms. The maximum Gasteiger partial charge on any atom is 0.363 e. The Morgan fingerprint density at radius 2 is 1.45 bits per heavy atom. The Labute approximate surface area is 422 Å². The molecule has 1 atom stereocenters. The molecular formula is C51H61N7O11S2. The van der Waals surface area contributed by atoms with Crippen LogP contribution >= 0.6 is 24.1 Å². The van der Waals surface area contributed by atoms with Crippen LogP contribution < -0.4 is 4.74 Å². The predicted octanol–water partition coefficient (Wildman–Crippen LogP) is 7.82. The van der Waals surface area contributed by atoms with Gasteiger partial charge in [-0.05, 0) is 121 Å². The van der Waals surface area contributed by atoms with E-state index >= 15 is 0 Å². The molecule has 71 heavy (non-hydrogen) atoms. The van der Waals surface area contributed by atoms with Crippen molar-refractivity contribution in [2.75, 3.05) is 52.9 Å². The zero-order chi connectivity index (χ0) is 51.2. The summed E-state index contributed by atoms with van der Waals surface area (Å²) >= 11 is 1.54. The van der Waals surface area contributed by atoms with Crippen LogP contribution in [0.2, 0.25) is 0 Å². The molecule has 1 saturated heterocycles. The summed E-state index contributed by atoms with van der Waals surface area (Å²) in [5.41, 5.74) is 4.95. The molecule has 6 aliphatic rings. The van der Waals surface area contributed by atoms with Crippen LogP contribution in [0.25, 0.3) is 0 Å². The summed E-state index contributed by atoms with van der Waals surface area (Å²) in [5.74, 6) is 0.154. The van der Waals surface area contributed by atoms with Gasteiger partial charge in [-0.3, -0.25) is 33.8 Å². The molecule has 0 aromatic heterocycles. The van der Waals surface area contributed by atoms with Gasteiger partial charge in [0.2, 0.25) is 0 Å². The Morgan fingerprint density at radius 1 is 0.817 bits per heavy atom. The van der Waals surface area contributed by atoms with Crippen LogP contribution in [0.3, 0.4) is 0 Å². The van der Waals surface area contributed by atoms with Gasteiger partial charge in [0.1, 0.15) is 23.5 Å². The maximum absolute atomic E-state index is 13.4. The number of carbonyl (C=O) groups excluding carboxylic acids is 5. The fourth-order valence-electron chi connectivity index (χ4n) is 8.92. The van der Waals surface area contributed by atoms with E-state index in [0.717, 1.165) is 70.0 Å². The largest absolute Gasteiger partial charge is 0.457 e. The number of imide groups is 1. The first-order valence-electron chi connectivity index (χ1n) is 23.4. The lowest BCUT2D eigenvalue weighted by atomic mass is 9.78. The highest BCUT2D eigenvalue weighted by Crippen LogP contribution is 2.46.